The van der Waals surface area contributed by atoms with Crippen LogP contribution in [0, 0.1) is 0 Å². The summed E-state index contributed by atoms with van der Waals surface area (Å²) in [5.41, 5.74) is 0.420. The fourth-order valence-corrected chi connectivity index (χ4v) is 2.14. The highest BCUT2D eigenvalue weighted by Crippen LogP contribution is 2.23. The zero-order valence-electron chi connectivity index (χ0n) is 10.6. The molecule has 2 atom stereocenters. The van der Waals surface area contributed by atoms with Crippen LogP contribution in [0.3, 0.4) is 0 Å². The summed E-state index contributed by atoms with van der Waals surface area (Å²) in [5, 5.41) is 8.85. The molecule has 4 heteroatoms. The van der Waals surface area contributed by atoms with Gasteiger partial charge in [-0.15, -0.1) is 0 Å². The van der Waals surface area contributed by atoms with E-state index in [2.05, 4.69) is 0 Å². The van der Waals surface area contributed by atoms with Crippen LogP contribution in [0.2, 0.25) is 0 Å². The highest BCUT2D eigenvalue weighted by Gasteiger charge is 2.21. The fraction of sp³-hybridized carbons (Fsp3) is 0.769. The van der Waals surface area contributed by atoms with E-state index in [0.717, 1.165) is 25.7 Å². The summed E-state index contributed by atoms with van der Waals surface area (Å²) in [6.45, 7) is 2.22. The summed E-state index contributed by atoms with van der Waals surface area (Å²) in [5.74, 6) is -0.852. The summed E-state index contributed by atoms with van der Waals surface area (Å²) >= 11 is 0. The van der Waals surface area contributed by atoms with Crippen LogP contribution in [0.15, 0.2) is 11.6 Å². The lowest BCUT2D eigenvalue weighted by atomic mass is 9.95. The molecule has 0 saturated heterocycles. The minimum Gasteiger partial charge on any atom is -0.478 e. The second kappa shape index (κ2) is 7.45. The molecule has 0 aromatic rings. The molecule has 0 aromatic carbocycles. The van der Waals surface area contributed by atoms with Gasteiger partial charge in [-0.2, -0.15) is 0 Å². The van der Waals surface area contributed by atoms with Gasteiger partial charge in [-0.3, -0.25) is 0 Å². The standard InChI is InChI=1S/C13H22O4/c1-3-10(13(14)15)7-8-17-12-6-4-5-11(9-12)16-2/h7,11-12H,3-6,8-9H2,1-2H3,(H,14,15). The molecule has 98 valence electrons. The molecule has 0 aliphatic heterocycles. The van der Waals surface area contributed by atoms with Crippen LogP contribution >= 0.6 is 0 Å². The van der Waals surface area contributed by atoms with E-state index in [1.165, 1.54) is 0 Å². The molecule has 17 heavy (non-hydrogen) atoms. The molecule has 4 nitrogen and oxygen atoms in total. The van der Waals surface area contributed by atoms with Gasteiger partial charge in [0, 0.05) is 12.7 Å². The minimum atomic E-state index is -0.852. The Hall–Kier alpha value is -0.870. The molecule has 1 aliphatic carbocycles. The lowest BCUT2D eigenvalue weighted by molar-refractivity contribution is -0.132. The van der Waals surface area contributed by atoms with Crippen molar-refractivity contribution < 1.29 is 19.4 Å². The monoisotopic (exact) mass is 242 g/mol. The lowest BCUT2D eigenvalue weighted by Crippen LogP contribution is -2.27. The molecule has 1 saturated carbocycles. The number of carboxylic acids is 1. The number of aliphatic carboxylic acids is 1. The second-order valence-electron chi connectivity index (χ2n) is 4.37. The van der Waals surface area contributed by atoms with Gasteiger partial charge >= 0.3 is 5.97 Å². The largest absolute Gasteiger partial charge is 0.478 e. The maximum atomic E-state index is 10.8. The fourth-order valence-electron chi connectivity index (χ4n) is 2.14. The number of rotatable bonds is 6. The summed E-state index contributed by atoms with van der Waals surface area (Å²) in [7, 11) is 1.73. The van der Waals surface area contributed by atoms with E-state index in [0.29, 0.717) is 24.7 Å². The van der Waals surface area contributed by atoms with Crippen LogP contribution < -0.4 is 0 Å². The van der Waals surface area contributed by atoms with Gasteiger partial charge in [-0.1, -0.05) is 6.92 Å². The van der Waals surface area contributed by atoms with Crippen molar-refractivity contribution >= 4 is 5.97 Å². The van der Waals surface area contributed by atoms with Crippen molar-refractivity contribution in [1.29, 1.82) is 0 Å². The van der Waals surface area contributed by atoms with E-state index in [1.807, 2.05) is 6.92 Å². The first-order valence-corrected chi connectivity index (χ1v) is 6.24. The number of ether oxygens (including phenoxy) is 2. The van der Waals surface area contributed by atoms with Crippen LogP contribution in [0.4, 0.5) is 0 Å². The van der Waals surface area contributed by atoms with E-state index in [-0.39, 0.29) is 6.10 Å². The Morgan fingerprint density at radius 1 is 1.41 bits per heavy atom. The first kappa shape index (κ1) is 14.2. The maximum absolute atomic E-state index is 10.8. The van der Waals surface area contributed by atoms with E-state index in [4.69, 9.17) is 14.6 Å². The van der Waals surface area contributed by atoms with Crippen molar-refractivity contribution in [1.82, 2.24) is 0 Å². The van der Waals surface area contributed by atoms with Crippen LogP contribution in [-0.2, 0) is 14.3 Å². The number of methoxy groups -OCH3 is 1. The van der Waals surface area contributed by atoms with Gasteiger partial charge in [-0.25, -0.2) is 4.79 Å². The van der Waals surface area contributed by atoms with Crippen LogP contribution in [-0.4, -0.2) is 37.0 Å². The number of carboxylic acid groups (broad SMARTS) is 1. The van der Waals surface area contributed by atoms with E-state index < -0.39 is 5.97 Å². The van der Waals surface area contributed by atoms with Crippen molar-refractivity contribution in [3.8, 4) is 0 Å². The first-order chi connectivity index (χ1) is 8.17. The van der Waals surface area contributed by atoms with Crippen molar-refractivity contribution in [2.45, 2.75) is 51.2 Å². The second-order valence-corrected chi connectivity index (χ2v) is 4.37. The zero-order chi connectivity index (χ0) is 12.7. The number of hydrogen-bond acceptors (Lipinski definition) is 3. The third-order valence-electron chi connectivity index (χ3n) is 3.23. The van der Waals surface area contributed by atoms with Crippen molar-refractivity contribution in [3.63, 3.8) is 0 Å². The Balaban J connectivity index is 2.32. The minimum absolute atomic E-state index is 0.205. The predicted octanol–water partition coefficient (Wildman–Crippen LogP) is 2.38. The summed E-state index contributed by atoms with van der Waals surface area (Å²) in [6, 6.07) is 0. The molecule has 0 amide bonds. The normalized spacial score (nSPS) is 25.9. The van der Waals surface area contributed by atoms with Crippen molar-refractivity contribution in [3.05, 3.63) is 11.6 Å². The third kappa shape index (κ3) is 4.88. The van der Waals surface area contributed by atoms with Gasteiger partial charge < -0.3 is 14.6 Å². The molecule has 0 heterocycles. The molecule has 0 aromatic heterocycles. The zero-order valence-corrected chi connectivity index (χ0v) is 10.6. The average Bonchev–Trinajstić information content (AvgIpc) is 2.34. The summed E-state index contributed by atoms with van der Waals surface area (Å²) in [4.78, 5) is 10.8. The van der Waals surface area contributed by atoms with Gasteiger partial charge in [0.15, 0.2) is 0 Å². The third-order valence-corrected chi connectivity index (χ3v) is 3.23. The van der Waals surface area contributed by atoms with Crippen LogP contribution in [0.5, 0.6) is 0 Å². The van der Waals surface area contributed by atoms with E-state index in [9.17, 15) is 4.79 Å². The summed E-state index contributed by atoms with van der Waals surface area (Å²) in [6.07, 6.45) is 6.87. The average molecular weight is 242 g/mol. The first-order valence-electron chi connectivity index (χ1n) is 6.24. The van der Waals surface area contributed by atoms with Gasteiger partial charge in [0.1, 0.15) is 0 Å². The van der Waals surface area contributed by atoms with Gasteiger partial charge in [0.05, 0.1) is 18.8 Å². The Morgan fingerprint density at radius 2 is 2.12 bits per heavy atom. The SMILES string of the molecule is CCC(=CCOC1CCCC(OC)C1)C(=O)O. The predicted molar refractivity (Wildman–Crippen MR) is 65.0 cm³/mol. The highest BCUT2D eigenvalue weighted by molar-refractivity contribution is 5.86. The molecule has 1 rings (SSSR count). The van der Waals surface area contributed by atoms with Crippen molar-refractivity contribution in [2.24, 2.45) is 0 Å². The molecular formula is C13H22O4. The molecular weight excluding hydrogens is 220 g/mol. The molecule has 0 spiro atoms. The van der Waals surface area contributed by atoms with Gasteiger partial charge in [-0.05, 0) is 38.2 Å². The molecule has 0 bridgehead atoms. The highest BCUT2D eigenvalue weighted by atomic mass is 16.5. The van der Waals surface area contributed by atoms with Crippen LogP contribution in [0.25, 0.3) is 0 Å². The quantitative estimate of drug-likeness (QED) is 0.726. The Bertz CT molecular complexity index is 273. The molecule has 1 fully saturated rings. The Kier molecular flexibility index (Phi) is 6.22. The number of hydrogen-bond donors (Lipinski definition) is 1. The van der Waals surface area contributed by atoms with Crippen LogP contribution in [0.1, 0.15) is 39.0 Å². The van der Waals surface area contributed by atoms with E-state index in [1.54, 1.807) is 13.2 Å². The molecule has 2 unspecified atom stereocenters. The summed E-state index contributed by atoms with van der Waals surface area (Å²) < 4.78 is 11.0. The smallest absolute Gasteiger partial charge is 0.331 e. The lowest BCUT2D eigenvalue weighted by Gasteiger charge is -2.27. The Labute approximate surface area is 103 Å². The molecule has 1 N–H and O–H groups in total. The Morgan fingerprint density at radius 3 is 2.71 bits per heavy atom. The van der Waals surface area contributed by atoms with Gasteiger partial charge in [0.2, 0.25) is 0 Å². The topological polar surface area (TPSA) is 55.8 Å². The van der Waals surface area contributed by atoms with Gasteiger partial charge in [0.25, 0.3) is 0 Å². The number of carbonyl (C=O) groups is 1. The van der Waals surface area contributed by atoms with Crippen molar-refractivity contribution in [2.75, 3.05) is 13.7 Å². The molecule has 1 aliphatic rings. The molecule has 0 radical (unpaired) electrons. The maximum Gasteiger partial charge on any atom is 0.331 e. The van der Waals surface area contributed by atoms with E-state index >= 15 is 0 Å².